The number of primary sulfonamides is 1. The van der Waals surface area contributed by atoms with Crippen LogP contribution < -0.4 is 9.88 Å². The molecular formula is C11H12Cl2N2O3S. The van der Waals surface area contributed by atoms with Gasteiger partial charge in [-0.2, -0.15) is 5.26 Å². The normalized spacial score (nSPS) is 11.1. The molecule has 0 radical (unpaired) electrons. The molecule has 0 fully saturated rings. The second-order valence-electron chi connectivity index (χ2n) is 3.72. The van der Waals surface area contributed by atoms with Gasteiger partial charge in [-0.15, -0.1) is 0 Å². The molecule has 5 nitrogen and oxygen atoms in total. The number of hydrogen-bond donors (Lipinski definition) is 1. The smallest absolute Gasteiger partial charge is 0.239 e. The Bertz CT molecular complexity index is 597. The first-order valence-corrected chi connectivity index (χ1v) is 7.68. The van der Waals surface area contributed by atoms with Gasteiger partial charge in [0.2, 0.25) is 10.0 Å². The molecule has 0 amide bonds. The van der Waals surface area contributed by atoms with Crippen molar-refractivity contribution in [3.05, 3.63) is 22.2 Å². The maximum Gasteiger partial charge on any atom is 0.239 e. The lowest BCUT2D eigenvalue weighted by molar-refractivity contribution is 0.307. The fraction of sp³-hybridized carbons (Fsp3) is 0.364. The number of hydrogen-bond acceptors (Lipinski definition) is 4. The summed E-state index contributed by atoms with van der Waals surface area (Å²) in [6.45, 7) is 0.368. The van der Waals surface area contributed by atoms with Crippen molar-refractivity contribution in [1.82, 2.24) is 0 Å². The Morgan fingerprint density at radius 3 is 2.53 bits per heavy atom. The summed E-state index contributed by atoms with van der Waals surface area (Å²) in [7, 11) is -3.91. The van der Waals surface area contributed by atoms with E-state index in [0.29, 0.717) is 19.4 Å². The number of ether oxygens (including phenoxy) is 1. The zero-order valence-electron chi connectivity index (χ0n) is 9.90. The first-order chi connectivity index (χ1) is 8.86. The van der Waals surface area contributed by atoms with E-state index < -0.39 is 10.0 Å². The zero-order chi connectivity index (χ0) is 14.5. The highest BCUT2D eigenvalue weighted by molar-refractivity contribution is 7.89. The molecule has 1 aromatic rings. The molecule has 1 rings (SSSR count). The highest BCUT2D eigenvalue weighted by Gasteiger charge is 2.16. The molecule has 2 N–H and O–H groups in total. The molecule has 0 aliphatic carbocycles. The van der Waals surface area contributed by atoms with Gasteiger partial charge in [-0.25, -0.2) is 13.6 Å². The molecule has 0 saturated carbocycles. The number of benzene rings is 1. The van der Waals surface area contributed by atoms with Gasteiger partial charge >= 0.3 is 0 Å². The van der Waals surface area contributed by atoms with Crippen LogP contribution in [-0.4, -0.2) is 15.0 Å². The van der Waals surface area contributed by atoms with Gasteiger partial charge in [0.15, 0.2) is 0 Å². The Balaban J connectivity index is 2.77. The maximum atomic E-state index is 11.2. The Morgan fingerprint density at radius 1 is 1.26 bits per heavy atom. The highest BCUT2D eigenvalue weighted by Crippen LogP contribution is 2.33. The summed E-state index contributed by atoms with van der Waals surface area (Å²) in [5, 5.41) is 13.4. The predicted molar refractivity (Wildman–Crippen MR) is 72.8 cm³/mol. The van der Waals surface area contributed by atoms with Crippen LogP contribution in [0.5, 0.6) is 5.75 Å². The third-order valence-electron chi connectivity index (χ3n) is 2.23. The molecule has 0 aliphatic rings. The number of sulfonamides is 1. The molecular weight excluding hydrogens is 311 g/mol. The van der Waals surface area contributed by atoms with Crippen molar-refractivity contribution in [2.24, 2.45) is 5.14 Å². The van der Waals surface area contributed by atoms with Gasteiger partial charge in [0.1, 0.15) is 10.6 Å². The molecule has 19 heavy (non-hydrogen) atoms. The van der Waals surface area contributed by atoms with Crippen LogP contribution in [0.25, 0.3) is 0 Å². The number of nitrogens with two attached hydrogens (primary N) is 1. The molecule has 0 unspecified atom stereocenters. The number of unbranched alkanes of at least 4 members (excludes halogenated alkanes) is 2. The van der Waals surface area contributed by atoms with E-state index in [2.05, 4.69) is 0 Å². The van der Waals surface area contributed by atoms with Crippen LogP contribution in [-0.2, 0) is 10.0 Å². The van der Waals surface area contributed by atoms with Gasteiger partial charge in [-0.05, 0) is 18.9 Å². The SMILES string of the molecule is N#CCCCCOc1cc(Cl)c(S(N)(=O)=O)cc1Cl. The highest BCUT2D eigenvalue weighted by atomic mass is 35.5. The molecule has 0 heterocycles. The van der Waals surface area contributed by atoms with Crippen molar-refractivity contribution in [1.29, 1.82) is 5.26 Å². The third kappa shape index (κ3) is 4.88. The van der Waals surface area contributed by atoms with Gasteiger partial charge in [0.25, 0.3) is 0 Å². The fourth-order valence-corrected chi connectivity index (χ4v) is 2.70. The topological polar surface area (TPSA) is 93.2 Å². The number of nitrogens with zero attached hydrogens (tertiary/aromatic N) is 1. The molecule has 0 saturated heterocycles. The van der Waals surface area contributed by atoms with Gasteiger partial charge < -0.3 is 4.74 Å². The second-order valence-corrected chi connectivity index (χ2v) is 6.07. The van der Waals surface area contributed by atoms with E-state index in [1.165, 1.54) is 6.07 Å². The molecule has 0 spiro atoms. The second kappa shape index (κ2) is 6.96. The number of halogens is 2. The lowest BCUT2D eigenvalue weighted by Crippen LogP contribution is -2.13. The van der Waals surface area contributed by atoms with Crippen molar-refractivity contribution in [2.45, 2.75) is 24.2 Å². The van der Waals surface area contributed by atoms with E-state index in [1.54, 1.807) is 0 Å². The monoisotopic (exact) mass is 322 g/mol. The molecule has 0 aliphatic heterocycles. The van der Waals surface area contributed by atoms with Crippen molar-refractivity contribution in [3.8, 4) is 11.8 Å². The van der Waals surface area contributed by atoms with Crippen molar-refractivity contribution < 1.29 is 13.2 Å². The zero-order valence-corrected chi connectivity index (χ0v) is 12.2. The molecule has 8 heteroatoms. The minimum atomic E-state index is -3.91. The molecule has 104 valence electrons. The lowest BCUT2D eigenvalue weighted by atomic mass is 10.2. The van der Waals surface area contributed by atoms with Crippen LogP contribution in [0.3, 0.4) is 0 Å². The quantitative estimate of drug-likeness (QED) is 0.815. The Labute approximate surface area is 121 Å². The fourth-order valence-electron chi connectivity index (χ4n) is 1.33. The van der Waals surface area contributed by atoms with Gasteiger partial charge in [0, 0.05) is 12.5 Å². The Kier molecular flexibility index (Phi) is 5.88. The maximum absolute atomic E-state index is 11.2. The number of rotatable bonds is 6. The summed E-state index contributed by atoms with van der Waals surface area (Å²) in [5.74, 6) is 0.288. The summed E-state index contributed by atoms with van der Waals surface area (Å²) in [5.41, 5.74) is 0. The van der Waals surface area contributed by atoms with Crippen LogP contribution in [0.1, 0.15) is 19.3 Å². The van der Waals surface area contributed by atoms with E-state index in [-0.39, 0.29) is 20.7 Å². The average Bonchev–Trinajstić information content (AvgIpc) is 2.31. The first kappa shape index (κ1) is 16.1. The van der Waals surface area contributed by atoms with Gasteiger partial charge in [-0.1, -0.05) is 23.2 Å². The standard InChI is InChI=1S/C11H12Cl2N2O3S/c12-8-7-11(19(15,16)17)9(13)6-10(8)18-5-3-1-2-4-14/h6-7H,1-3,5H2,(H2,15,16,17). The summed E-state index contributed by atoms with van der Waals surface area (Å²) >= 11 is 11.7. The van der Waals surface area contributed by atoms with E-state index in [1.807, 2.05) is 6.07 Å². The molecule has 0 bridgehead atoms. The summed E-state index contributed by atoms with van der Waals surface area (Å²) in [4.78, 5) is -0.240. The summed E-state index contributed by atoms with van der Waals surface area (Å²) in [6.07, 6.45) is 1.87. The minimum Gasteiger partial charge on any atom is -0.492 e. The van der Waals surface area contributed by atoms with Crippen LogP contribution in [0.4, 0.5) is 0 Å². The first-order valence-electron chi connectivity index (χ1n) is 5.38. The van der Waals surface area contributed by atoms with E-state index in [0.717, 1.165) is 12.5 Å². The van der Waals surface area contributed by atoms with E-state index >= 15 is 0 Å². The van der Waals surface area contributed by atoms with Crippen LogP contribution in [0.15, 0.2) is 17.0 Å². The third-order valence-corrected chi connectivity index (χ3v) is 3.90. The van der Waals surface area contributed by atoms with Crippen LogP contribution >= 0.6 is 23.2 Å². The van der Waals surface area contributed by atoms with Crippen molar-refractivity contribution in [2.75, 3.05) is 6.61 Å². The lowest BCUT2D eigenvalue weighted by Gasteiger charge is -2.10. The predicted octanol–water partition coefficient (Wildman–Crippen LogP) is 2.71. The summed E-state index contributed by atoms with van der Waals surface area (Å²) < 4.78 is 27.8. The average molecular weight is 323 g/mol. The molecule has 0 atom stereocenters. The molecule has 1 aromatic carbocycles. The van der Waals surface area contributed by atoms with Crippen molar-refractivity contribution in [3.63, 3.8) is 0 Å². The van der Waals surface area contributed by atoms with Crippen molar-refractivity contribution >= 4 is 33.2 Å². The largest absolute Gasteiger partial charge is 0.492 e. The summed E-state index contributed by atoms with van der Waals surface area (Å²) in [6, 6.07) is 4.50. The Hall–Kier alpha value is -1.00. The molecule has 0 aromatic heterocycles. The van der Waals surface area contributed by atoms with Gasteiger partial charge in [0.05, 0.1) is 22.7 Å². The minimum absolute atomic E-state index is 0.0427. The Morgan fingerprint density at radius 2 is 1.95 bits per heavy atom. The van der Waals surface area contributed by atoms with Gasteiger partial charge in [-0.3, -0.25) is 0 Å². The van der Waals surface area contributed by atoms with E-state index in [9.17, 15) is 8.42 Å². The van der Waals surface area contributed by atoms with Crippen LogP contribution in [0, 0.1) is 11.3 Å². The van der Waals surface area contributed by atoms with Crippen LogP contribution in [0.2, 0.25) is 10.0 Å². The number of nitriles is 1. The van der Waals surface area contributed by atoms with E-state index in [4.69, 9.17) is 38.3 Å².